The third-order valence-electron chi connectivity index (χ3n) is 6.38. The fourth-order valence-corrected chi connectivity index (χ4v) is 4.53. The molecular weight excluding hydrogens is 410 g/mol. The zero-order valence-corrected chi connectivity index (χ0v) is 17.7. The zero-order chi connectivity index (χ0) is 22.1. The van der Waals surface area contributed by atoms with E-state index in [9.17, 15) is 14.7 Å². The van der Waals surface area contributed by atoms with Crippen LogP contribution >= 0.6 is 0 Å². The van der Waals surface area contributed by atoms with Gasteiger partial charge in [0.25, 0.3) is 5.91 Å². The minimum atomic E-state index is -0.504. The minimum absolute atomic E-state index is 0.0198. The number of nitrogens with zero attached hydrogens (tertiary/aromatic N) is 1. The number of fused-ring (bicyclic) bond motifs is 3. The molecule has 32 heavy (non-hydrogen) atoms. The first-order chi connectivity index (χ1) is 15.6. The number of anilines is 1. The molecule has 1 saturated heterocycles. The van der Waals surface area contributed by atoms with Gasteiger partial charge in [0, 0.05) is 36.1 Å². The predicted molar refractivity (Wildman–Crippen MR) is 117 cm³/mol. The summed E-state index contributed by atoms with van der Waals surface area (Å²) in [7, 11) is 0. The molecule has 1 saturated carbocycles. The number of aliphatic hydroxyl groups is 1. The topological polar surface area (TPSA) is 110 Å². The van der Waals surface area contributed by atoms with Gasteiger partial charge in [-0.1, -0.05) is 0 Å². The lowest BCUT2D eigenvalue weighted by molar-refractivity contribution is -0.142. The monoisotopic (exact) mass is 437 g/mol. The first-order valence-corrected chi connectivity index (χ1v) is 11.2. The smallest absolute Gasteiger partial charge is 0.257 e. The minimum Gasteiger partial charge on any atom is -0.487 e. The second kappa shape index (κ2) is 8.88. The van der Waals surface area contributed by atoms with Gasteiger partial charge in [-0.2, -0.15) is 0 Å². The van der Waals surface area contributed by atoms with Gasteiger partial charge < -0.3 is 25.2 Å². The number of ether oxygens (including phenoxy) is 2. The quantitative estimate of drug-likeness (QED) is 0.613. The first-order valence-electron chi connectivity index (χ1n) is 11.2. The van der Waals surface area contributed by atoms with Gasteiger partial charge in [0.2, 0.25) is 5.91 Å². The molecule has 1 aromatic heterocycles. The molecular formula is C24H27N3O5. The Morgan fingerprint density at radius 3 is 2.84 bits per heavy atom. The van der Waals surface area contributed by atoms with Crippen molar-refractivity contribution in [3.05, 3.63) is 53.9 Å². The van der Waals surface area contributed by atoms with E-state index in [1.54, 1.807) is 24.4 Å². The van der Waals surface area contributed by atoms with Gasteiger partial charge in [0.1, 0.15) is 18.0 Å². The summed E-state index contributed by atoms with van der Waals surface area (Å²) in [5.41, 5.74) is 2.10. The Labute approximate surface area is 186 Å². The van der Waals surface area contributed by atoms with Crippen molar-refractivity contribution in [3.8, 4) is 5.75 Å². The lowest BCUT2D eigenvalue weighted by Gasteiger charge is -2.37. The lowest BCUT2D eigenvalue weighted by atomic mass is 9.84. The maximum absolute atomic E-state index is 12.5. The molecule has 8 heteroatoms. The van der Waals surface area contributed by atoms with E-state index in [1.807, 2.05) is 12.1 Å². The van der Waals surface area contributed by atoms with Gasteiger partial charge in [0.05, 0.1) is 24.7 Å². The van der Waals surface area contributed by atoms with Gasteiger partial charge in [-0.3, -0.25) is 14.6 Å². The molecule has 3 aliphatic rings. The number of pyridine rings is 1. The summed E-state index contributed by atoms with van der Waals surface area (Å²) in [5, 5.41) is 15.8. The Morgan fingerprint density at radius 1 is 1.22 bits per heavy atom. The van der Waals surface area contributed by atoms with Crippen molar-refractivity contribution in [1.29, 1.82) is 0 Å². The third-order valence-corrected chi connectivity index (χ3v) is 6.38. The number of carbonyl (C=O) groups excluding carboxylic acids is 2. The number of hydrogen-bond acceptors (Lipinski definition) is 6. The van der Waals surface area contributed by atoms with E-state index in [4.69, 9.17) is 9.47 Å². The largest absolute Gasteiger partial charge is 0.487 e. The summed E-state index contributed by atoms with van der Waals surface area (Å²) in [5.74, 6) is 1.07. The molecule has 2 aromatic rings. The van der Waals surface area contributed by atoms with Gasteiger partial charge in [0.15, 0.2) is 0 Å². The zero-order valence-electron chi connectivity index (χ0n) is 17.7. The van der Waals surface area contributed by atoms with Crippen molar-refractivity contribution >= 4 is 17.5 Å². The highest BCUT2D eigenvalue weighted by Gasteiger charge is 2.46. The molecule has 2 fully saturated rings. The summed E-state index contributed by atoms with van der Waals surface area (Å²) in [6.07, 6.45) is 5.27. The van der Waals surface area contributed by atoms with E-state index in [2.05, 4.69) is 15.6 Å². The molecule has 3 N–H and O–H groups in total. The third kappa shape index (κ3) is 4.47. The molecule has 1 aromatic carbocycles. The van der Waals surface area contributed by atoms with Gasteiger partial charge in [-0.15, -0.1) is 0 Å². The van der Waals surface area contributed by atoms with Crippen molar-refractivity contribution in [2.24, 2.45) is 5.92 Å². The van der Waals surface area contributed by atoms with E-state index in [-0.39, 0.29) is 43.0 Å². The fraction of sp³-hybridized carbons (Fsp3) is 0.458. The Bertz CT molecular complexity index is 994. The van der Waals surface area contributed by atoms with Crippen LogP contribution in [-0.2, 0) is 9.53 Å². The fourth-order valence-electron chi connectivity index (χ4n) is 4.53. The van der Waals surface area contributed by atoms with Gasteiger partial charge in [-0.05, 0) is 55.5 Å². The molecule has 0 spiro atoms. The molecule has 3 heterocycles. The second-order valence-electron chi connectivity index (χ2n) is 8.80. The number of hydrogen-bond donors (Lipinski definition) is 3. The van der Waals surface area contributed by atoms with E-state index in [1.165, 1.54) is 19.0 Å². The maximum Gasteiger partial charge on any atom is 0.257 e. The van der Waals surface area contributed by atoms with Crippen molar-refractivity contribution < 1.29 is 24.2 Å². The van der Waals surface area contributed by atoms with Crippen LogP contribution in [0.5, 0.6) is 5.75 Å². The molecule has 8 nitrogen and oxygen atoms in total. The Morgan fingerprint density at radius 2 is 2.09 bits per heavy atom. The van der Waals surface area contributed by atoms with Crippen molar-refractivity contribution in [1.82, 2.24) is 10.3 Å². The highest BCUT2D eigenvalue weighted by atomic mass is 16.6. The number of carbonyl (C=O) groups is 2. The highest BCUT2D eigenvalue weighted by molar-refractivity contribution is 6.04. The van der Waals surface area contributed by atoms with Crippen LogP contribution < -0.4 is 15.4 Å². The van der Waals surface area contributed by atoms with Crippen LogP contribution in [0.4, 0.5) is 5.69 Å². The Kier molecular flexibility index (Phi) is 5.80. The van der Waals surface area contributed by atoms with E-state index in [0.717, 1.165) is 17.9 Å². The number of benzene rings is 1. The molecule has 0 bridgehead atoms. The van der Waals surface area contributed by atoms with Crippen molar-refractivity contribution in [3.63, 3.8) is 0 Å². The van der Waals surface area contributed by atoms with Gasteiger partial charge in [-0.25, -0.2) is 0 Å². The number of aromatic nitrogens is 1. The summed E-state index contributed by atoms with van der Waals surface area (Å²) in [6, 6.07) is 8.96. The average molecular weight is 437 g/mol. The highest BCUT2D eigenvalue weighted by Crippen LogP contribution is 2.47. The van der Waals surface area contributed by atoms with Crippen molar-refractivity contribution in [2.75, 3.05) is 18.5 Å². The summed E-state index contributed by atoms with van der Waals surface area (Å²) < 4.78 is 12.1. The molecule has 2 aliphatic heterocycles. The van der Waals surface area contributed by atoms with Crippen LogP contribution in [0.2, 0.25) is 0 Å². The summed E-state index contributed by atoms with van der Waals surface area (Å²) in [6.45, 7) is 0.549. The van der Waals surface area contributed by atoms with Crippen LogP contribution in [0.25, 0.3) is 0 Å². The van der Waals surface area contributed by atoms with Crippen LogP contribution in [-0.4, -0.2) is 53.4 Å². The molecule has 4 atom stereocenters. The number of nitrogens with one attached hydrogen (secondary N) is 2. The number of aliphatic hydroxyl groups excluding tert-OH is 1. The first kappa shape index (κ1) is 20.9. The molecule has 1 aliphatic carbocycles. The lowest BCUT2D eigenvalue weighted by Crippen LogP contribution is -2.47. The van der Waals surface area contributed by atoms with E-state index < -0.39 is 6.10 Å². The molecule has 0 radical (unpaired) electrons. The van der Waals surface area contributed by atoms with Crippen LogP contribution in [0.15, 0.2) is 42.7 Å². The standard InChI is InChI=1S/C24H27N3O5/c28-13-21-23-19(9-17(31-21)10-22(29)26-11-14-3-4-14)18-8-16(5-6-20(18)32-23)27-24(30)15-2-1-7-25-12-15/h1-2,5-8,12,14,17,19,21,23,28H,3-4,9-11,13H2,(H,26,29)(H,27,30)/t17-,19+,21+,23-/m1/s1. The summed E-state index contributed by atoms with van der Waals surface area (Å²) in [4.78, 5) is 28.8. The van der Waals surface area contributed by atoms with Crippen LogP contribution in [0.1, 0.15) is 47.5 Å². The number of amides is 2. The number of rotatable bonds is 7. The Hall–Kier alpha value is -2.97. The van der Waals surface area contributed by atoms with Crippen LogP contribution in [0.3, 0.4) is 0 Å². The molecule has 168 valence electrons. The summed E-state index contributed by atoms with van der Waals surface area (Å²) >= 11 is 0. The van der Waals surface area contributed by atoms with E-state index >= 15 is 0 Å². The van der Waals surface area contributed by atoms with Crippen LogP contribution in [0, 0.1) is 5.92 Å². The molecule has 2 amide bonds. The van der Waals surface area contributed by atoms with Gasteiger partial charge >= 0.3 is 0 Å². The second-order valence-corrected chi connectivity index (χ2v) is 8.80. The molecule has 0 unspecified atom stereocenters. The van der Waals surface area contributed by atoms with Crippen molar-refractivity contribution in [2.45, 2.75) is 49.9 Å². The van der Waals surface area contributed by atoms with E-state index in [0.29, 0.717) is 23.6 Å². The maximum atomic E-state index is 12.5. The SMILES string of the molecule is O=C(C[C@H]1C[C@H]2c3cc(NC(=O)c4cccnc4)ccc3O[C@H]2[C@H](CO)O1)NCC1CC1. The normalized spacial score (nSPS) is 25.9. The molecule has 5 rings (SSSR count). The average Bonchev–Trinajstić information content (AvgIpc) is 3.58. The Balaban J connectivity index is 1.29. The predicted octanol–water partition coefficient (Wildman–Crippen LogP) is 2.24.